The molecule has 1 aliphatic rings. The lowest BCUT2D eigenvalue weighted by Crippen LogP contribution is -2.39. The topological polar surface area (TPSA) is 134 Å². The van der Waals surface area contributed by atoms with Crippen molar-refractivity contribution in [2.24, 2.45) is 0 Å². The highest BCUT2D eigenvalue weighted by Crippen LogP contribution is 2.43. The quantitative estimate of drug-likeness (QED) is 0.477. The largest absolute Gasteiger partial charge is 0.508 e. The average molecular weight is 346 g/mol. The first-order chi connectivity index (χ1) is 11.8. The van der Waals surface area contributed by atoms with Crippen molar-refractivity contribution in [1.29, 1.82) is 0 Å². The fourth-order valence-electron chi connectivity index (χ4n) is 2.66. The van der Waals surface area contributed by atoms with Crippen molar-refractivity contribution in [1.82, 2.24) is 0 Å². The maximum absolute atomic E-state index is 12.7. The van der Waals surface area contributed by atoms with Crippen molar-refractivity contribution in [3.05, 3.63) is 41.5 Å². The van der Waals surface area contributed by atoms with Gasteiger partial charge in [-0.1, -0.05) is 6.07 Å². The van der Waals surface area contributed by atoms with E-state index >= 15 is 0 Å². The number of hydrogen-bond donors (Lipinski definition) is 4. The first-order valence-corrected chi connectivity index (χ1v) is 7.24. The Bertz CT molecular complexity index is 873. The molecule has 0 unspecified atom stereocenters. The summed E-state index contributed by atoms with van der Waals surface area (Å²) in [6.07, 6.45) is -2.55. The molecule has 8 nitrogen and oxygen atoms in total. The predicted molar refractivity (Wildman–Crippen MR) is 82.8 cm³/mol. The normalized spacial score (nSPS) is 19.0. The van der Waals surface area contributed by atoms with Crippen molar-refractivity contribution < 1.29 is 39.5 Å². The summed E-state index contributed by atoms with van der Waals surface area (Å²) in [5, 5.41) is 38.6. The van der Waals surface area contributed by atoms with E-state index in [0.29, 0.717) is 0 Å². The molecule has 8 heteroatoms. The van der Waals surface area contributed by atoms with Crippen LogP contribution in [0.25, 0.3) is 0 Å². The molecule has 0 amide bonds. The molecule has 1 aliphatic heterocycles. The summed E-state index contributed by atoms with van der Waals surface area (Å²) in [6, 6.07) is 5.86. The summed E-state index contributed by atoms with van der Waals surface area (Å²) in [6.45, 7) is 1.12. The van der Waals surface area contributed by atoms with Crippen LogP contribution in [0, 0.1) is 0 Å². The standard InChI is InChI=1S/C17H14O8/c1-7(18)24-17-15(23)14-12(22)5-9(19)6-13(14)25-16(17)8-2-3-10(20)11(21)4-8/h2-6,16-17,19-22H,1H3/t16-,17+/m1/s1. The summed E-state index contributed by atoms with van der Waals surface area (Å²) < 4.78 is 10.7. The number of aromatic hydroxyl groups is 4. The molecule has 2 atom stereocenters. The molecule has 0 fully saturated rings. The SMILES string of the molecule is CC(=O)O[C@H]1C(=O)c2c(O)cc(O)cc2O[C@@H]1c1ccc(O)c(O)c1. The summed E-state index contributed by atoms with van der Waals surface area (Å²) in [5.74, 6) is -3.19. The zero-order chi connectivity index (χ0) is 18.3. The van der Waals surface area contributed by atoms with E-state index in [0.717, 1.165) is 25.1 Å². The fraction of sp³-hybridized carbons (Fsp3) is 0.176. The van der Waals surface area contributed by atoms with E-state index in [1.807, 2.05) is 0 Å². The van der Waals surface area contributed by atoms with Crippen LogP contribution < -0.4 is 4.74 Å². The van der Waals surface area contributed by atoms with Gasteiger partial charge < -0.3 is 29.9 Å². The van der Waals surface area contributed by atoms with Gasteiger partial charge >= 0.3 is 5.97 Å². The lowest BCUT2D eigenvalue weighted by molar-refractivity contribution is -0.148. The second-order valence-electron chi connectivity index (χ2n) is 5.52. The van der Waals surface area contributed by atoms with Gasteiger partial charge in [0, 0.05) is 24.6 Å². The molecule has 25 heavy (non-hydrogen) atoms. The van der Waals surface area contributed by atoms with Gasteiger partial charge in [0.25, 0.3) is 0 Å². The molecular formula is C17H14O8. The highest BCUT2D eigenvalue weighted by molar-refractivity contribution is 6.06. The number of carbonyl (C=O) groups excluding carboxylic acids is 2. The number of rotatable bonds is 2. The Labute approximate surface area is 141 Å². The minimum atomic E-state index is -1.41. The van der Waals surface area contributed by atoms with Crippen LogP contribution in [0.15, 0.2) is 30.3 Å². The number of phenols is 4. The molecule has 3 rings (SSSR count). The van der Waals surface area contributed by atoms with Crippen LogP contribution in [0.5, 0.6) is 28.7 Å². The first-order valence-electron chi connectivity index (χ1n) is 7.24. The molecule has 0 bridgehead atoms. The lowest BCUT2D eigenvalue weighted by Gasteiger charge is -2.32. The summed E-state index contributed by atoms with van der Waals surface area (Å²) in [7, 11) is 0. The Morgan fingerprint density at radius 2 is 1.76 bits per heavy atom. The number of ether oxygens (including phenoxy) is 2. The third-order valence-corrected chi connectivity index (χ3v) is 3.72. The second kappa shape index (κ2) is 5.90. The minimum absolute atomic E-state index is 0.0940. The number of phenolic OH excluding ortho intramolecular Hbond substituents is 4. The Balaban J connectivity index is 2.13. The van der Waals surface area contributed by atoms with E-state index in [-0.39, 0.29) is 28.4 Å². The van der Waals surface area contributed by atoms with E-state index in [4.69, 9.17) is 9.47 Å². The Hall–Kier alpha value is -3.42. The predicted octanol–water partition coefficient (Wildman–Crippen LogP) is 1.76. The van der Waals surface area contributed by atoms with Crippen LogP contribution in [0.4, 0.5) is 0 Å². The van der Waals surface area contributed by atoms with Gasteiger partial charge in [-0.3, -0.25) is 9.59 Å². The third-order valence-electron chi connectivity index (χ3n) is 3.72. The zero-order valence-electron chi connectivity index (χ0n) is 13.0. The molecule has 0 saturated carbocycles. The van der Waals surface area contributed by atoms with Crippen molar-refractivity contribution >= 4 is 11.8 Å². The molecule has 4 N–H and O–H groups in total. The Kier molecular flexibility index (Phi) is 3.88. The van der Waals surface area contributed by atoms with Crippen LogP contribution in [0.2, 0.25) is 0 Å². The van der Waals surface area contributed by atoms with Crippen molar-refractivity contribution in [2.45, 2.75) is 19.1 Å². The van der Waals surface area contributed by atoms with Gasteiger partial charge in [-0.15, -0.1) is 0 Å². The number of hydrogen-bond acceptors (Lipinski definition) is 8. The van der Waals surface area contributed by atoms with E-state index in [1.54, 1.807) is 0 Å². The van der Waals surface area contributed by atoms with E-state index in [2.05, 4.69) is 0 Å². The minimum Gasteiger partial charge on any atom is -0.508 e. The monoisotopic (exact) mass is 346 g/mol. The van der Waals surface area contributed by atoms with Gasteiger partial charge in [0.15, 0.2) is 17.6 Å². The molecule has 1 heterocycles. The molecule has 0 aromatic heterocycles. The molecule has 0 radical (unpaired) electrons. The number of ketones is 1. The van der Waals surface area contributed by atoms with Crippen LogP contribution in [-0.2, 0) is 9.53 Å². The lowest BCUT2D eigenvalue weighted by atomic mass is 9.92. The summed E-state index contributed by atoms with van der Waals surface area (Å²) in [5.41, 5.74) is 0.0340. The van der Waals surface area contributed by atoms with Gasteiger partial charge in [0.2, 0.25) is 11.9 Å². The Morgan fingerprint density at radius 3 is 2.40 bits per heavy atom. The molecule has 0 aliphatic carbocycles. The number of Topliss-reactive ketones (excluding diaryl/α,β-unsaturated/α-hetero) is 1. The van der Waals surface area contributed by atoms with Gasteiger partial charge in [-0.25, -0.2) is 0 Å². The highest BCUT2D eigenvalue weighted by atomic mass is 16.6. The van der Waals surface area contributed by atoms with Gasteiger partial charge in [0.05, 0.1) is 0 Å². The van der Waals surface area contributed by atoms with E-state index in [9.17, 15) is 30.0 Å². The number of esters is 1. The Morgan fingerprint density at radius 1 is 1.04 bits per heavy atom. The molecule has 0 spiro atoms. The van der Waals surface area contributed by atoms with Crippen LogP contribution in [0.1, 0.15) is 28.9 Å². The van der Waals surface area contributed by atoms with Crippen LogP contribution in [0.3, 0.4) is 0 Å². The zero-order valence-corrected chi connectivity index (χ0v) is 13.0. The van der Waals surface area contributed by atoms with Crippen LogP contribution >= 0.6 is 0 Å². The molecule has 2 aromatic carbocycles. The fourth-order valence-corrected chi connectivity index (χ4v) is 2.66. The molecular weight excluding hydrogens is 332 g/mol. The van der Waals surface area contributed by atoms with E-state index < -0.39 is 35.5 Å². The third kappa shape index (κ3) is 2.89. The maximum atomic E-state index is 12.7. The van der Waals surface area contributed by atoms with Gasteiger partial charge in [-0.05, 0) is 12.1 Å². The summed E-state index contributed by atoms with van der Waals surface area (Å²) in [4.78, 5) is 24.1. The van der Waals surface area contributed by atoms with E-state index in [1.165, 1.54) is 12.1 Å². The van der Waals surface area contributed by atoms with Gasteiger partial charge in [-0.2, -0.15) is 0 Å². The molecule has 130 valence electrons. The maximum Gasteiger partial charge on any atom is 0.303 e. The van der Waals surface area contributed by atoms with Crippen LogP contribution in [-0.4, -0.2) is 38.3 Å². The number of carbonyl (C=O) groups is 2. The number of benzene rings is 2. The summed E-state index contributed by atoms with van der Waals surface area (Å²) >= 11 is 0. The molecule has 2 aromatic rings. The van der Waals surface area contributed by atoms with Gasteiger partial charge in [0.1, 0.15) is 22.8 Å². The van der Waals surface area contributed by atoms with Crippen molar-refractivity contribution in [3.8, 4) is 28.7 Å². The van der Waals surface area contributed by atoms with Crippen molar-refractivity contribution in [3.63, 3.8) is 0 Å². The smallest absolute Gasteiger partial charge is 0.303 e. The highest BCUT2D eigenvalue weighted by Gasteiger charge is 2.42. The first kappa shape index (κ1) is 16.4. The number of fused-ring (bicyclic) bond motifs is 1. The van der Waals surface area contributed by atoms with Crippen molar-refractivity contribution in [2.75, 3.05) is 0 Å². The average Bonchev–Trinajstić information content (AvgIpc) is 2.51. The molecule has 0 saturated heterocycles. The second-order valence-corrected chi connectivity index (χ2v) is 5.52.